The van der Waals surface area contributed by atoms with E-state index >= 15 is 0 Å². The van der Waals surface area contributed by atoms with E-state index in [4.69, 9.17) is 0 Å². The van der Waals surface area contributed by atoms with Crippen molar-refractivity contribution in [3.8, 4) is 0 Å². The molecule has 0 saturated heterocycles. The zero-order chi connectivity index (χ0) is 20.0. The van der Waals surface area contributed by atoms with Gasteiger partial charge in [0.25, 0.3) is 0 Å². The number of nitrogens with one attached hydrogen (secondary N) is 2. The van der Waals surface area contributed by atoms with Crippen LogP contribution in [0.3, 0.4) is 0 Å². The zero-order valence-corrected chi connectivity index (χ0v) is 17.9. The molecule has 0 radical (unpaired) electrons. The Hall–Kier alpha value is -1.99. The highest BCUT2D eigenvalue weighted by Crippen LogP contribution is 2.51. The second-order valence-corrected chi connectivity index (χ2v) is 10.6. The molecule has 2 aromatic carbocycles. The lowest BCUT2D eigenvalue weighted by Crippen LogP contribution is -2.41. The summed E-state index contributed by atoms with van der Waals surface area (Å²) in [6, 6.07) is 17.4. The third-order valence-electron chi connectivity index (χ3n) is 4.58. The molecule has 1 aliphatic rings. The first kappa shape index (κ1) is 20.7. The molecule has 2 N–H and O–H groups in total. The fourth-order valence-corrected chi connectivity index (χ4v) is 4.67. The lowest BCUT2D eigenvalue weighted by molar-refractivity contribution is 0.602. The van der Waals surface area contributed by atoms with Crippen molar-refractivity contribution in [3.63, 3.8) is 0 Å². The van der Waals surface area contributed by atoms with Gasteiger partial charge in [0.2, 0.25) is 0 Å². The van der Waals surface area contributed by atoms with E-state index in [2.05, 4.69) is 39.9 Å². The standard InChI is InChI=1S/C21H27N3O2S2/c1-3-22-20(23-15-17-9-11-19(12-10-17)28(2,25)26)24-16-21(13-14-21)27-18-7-5-4-6-8-18/h4-12H,3,13-16H2,1-2H3,(H2,22,23,24). The van der Waals surface area contributed by atoms with Crippen LogP contribution in [0.5, 0.6) is 0 Å². The molecule has 0 spiro atoms. The molecule has 5 nitrogen and oxygen atoms in total. The Balaban J connectivity index is 1.58. The lowest BCUT2D eigenvalue weighted by Gasteiger charge is -2.18. The summed E-state index contributed by atoms with van der Waals surface area (Å²) in [6.07, 6.45) is 3.62. The monoisotopic (exact) mass is 417 g/mol. The molecule has 0 aliphatic heterocycles. The molecule has 0 amide bonds. The first-order valence-electron chi connectivity index (χ1n) is 9.45. The summed E-state index contributed by atoms with van der Waals surface area (Å²) < 4.78 is 23.4. The first-order chi connectivity index (χ1) is 13.4. The van der Waals surface area contributed by atoms with Gasteiger partial charge in [0, 0.05) is 29.0 Å². The SMILES string of the molecule is CCNC(=NCc1ccc(S(C)(=O)=O)cc1)NCC1(Sc2ccccc2)CC1. The van der Waals surface area contributed by atoms with E-state index in [1.165, 1.54) is 24.0 Å². The largest absolute Gasteiger partial charge is 0.357 e. The van der Waals surface area contributed by atoms with Crippen LogP contribution in [0, 0.1) is 0 Å². The maximum Gasteiger partial charge on any atom is 0.191 e. The highest BCUT2D eigenvalue weighted by molar-refractivity contribution is 8.01. The van der Waals surface area contributed by atoms with Crippen LogP contribution in [0.25, 0.3) is 0 Å². The van der Waals surface area contributed by atoms with Crippen LogP contribution >= 0.6 is 11.8 Å². The molecule has 28 heavy (non-hydrogen) atoms. The average Bonchev–Trinajstić information content (AvgIpc) is 3.44. The Labute approximate surface area is 172 Å². The molecule has 1 aliphatic carbocycles. The quantitative estimate of drug-likeness (QED) is 0.508. The Morgan fingerprint density at radius 2 is 1.75 bits per heavy atom. The minimum absolute atomic E-state index is 0.245. The van der Waals surface area contributed by atoms with Gasteiger partial charge < -0.3 is 10.6 Å². The number of sulfone groups is 1. The van der Waals surface area contributed by atoms with Gasteiger partial charge in [-0.15, -0.1) is 11.8 Å². The van der Waals surface area contributed by atoms with Gasteiger partial charge in [0.15, 0.2) is 15.8 Å². The topological polar surface area (TPSA) is 70.6 Å². The second kappa shape index (κ2) is 9.01. The van der Waals surface area contributed by atoms with Gasteiger partial charge in [-0.1, -0.05) is 30.3 Å². The van der Waals surface area contributed by atoms with Crippen LogP contribution < -0.4 is 10.6 Å². The predicted molar refractivity (Wildman–Crippen MR) is 117 cm³/mol. The molecule has 0 bridgehead atoms. The van der Waals surface area contributed by atoms with Crippen molar-refractivity contribution >= 4 is 27.6 Å². The van der Waals surface area contributed by atoms with E-state index in [1.807, 2.05) is 36.9 Å². The summed E-state index contributed by atoms with van der Waals surface area (Å²) in [6.45, 7) is 4.20. The fraction of sp³-hybridized carbons (Fsp3) is 0.381. The zero-order valence-electron chi connectivity index (χ0n) is 16.3. The average molecular weight is 418 g/mol. The van der Waals surface area contributed by atoms with E-state index in [-0.39, 0.29) is 4.75 Å². The third-order valence-corrected chi connectivity index (χ3v) is 7.20. The van der Waals surface area contributed by atoms with Gasteiger partial charge in [-0.05, 0) is 49.6 Å². The van der Waals surface area contributed by atoms with Gasteiger partial charge in [-0.2, -0.15) is 0 Å². The molecule has 3 rings (SSSR count). The molecular formula is C21H27N3O2S2. The number of guanidine groups is 1. The maximum absolute atomic E-state index is 11.6. The lowest BCUT2D eigenvalue weighted by atomic mass is 10.2. The van der Waals surface area contributed by atoms with E-state index in [0.29, 0.717) is 11.4 Å². The maximum atomic E-state index is 11.6. The van der Waals surface area contributed by atoms with Crippen LogP contribution in [0.15, 0.2) is 69.4 Å². The summed E-state index contributed by atoms with van der Waals surface area (Å²) in [4.78, 5) is 6.28. The number of aliphatic imine (C=N–C) groups is 1. The summed E-state index contributed by atoms with van der Waals surface area (Å²) in [5.74, 6) is 0.787. The molecule has 7 heteroatoms. The van der Waals surface area contributed by atoms with Crippen LogP contribution in [-0.2, 0) is 16.4 Å². The van der Waals surface area contributed by atoms with Crippen molar-refractivity contribution in [2.24, 2.45) is 4.99 Å². The molecule has 0 unspecified atom stereocenters. The number of thioether (sulfide) groups is 1. The fourth-order valence-electron chi connectivity index (χ4n) is 2.79. The van der Waals surface area contributed by atoms with Crippen LogP contribution in [0.1, 0.15) is 25.3 Å². The number of benzene rings is 2. The van der Waals surface area contributed by atoms with Crippen molar-refractivity contribution in [2.75, 3.05) is 19.3 Å². The van der Waals surface area contributed by atoms with Gasteiger partial charge in [-0.25, -0.2) is 13.4 Å². The normalized spacial score (nSPS) is 15.9. The van der Waals surface area contributed by atoms with Crippen molar-refractivity contribution in [1.82, 2.24) is 10.6 Å². The Kier molecular flexibility index (Phi) is 6.67. The van der Waals surface area contributed by atoms with Crippen molar-refractivity contribution in [2.45, 2.75) is 40.8 Å². The van der Waals surface area contributed by atoms with Crippen LogP contribution in [-0.4, -0.2) is 38.5 Å². The first-order valence-corrected chi connectivity index (χ1v) is 12.2. The van der Waals surface area contributed by atoms with Crippen molar-refractivity contribution in [1.29, 1.82) is 0 Å². The summed E-state index contributed by atoms with van der Waals surface area (Å²) in [5, 5.41) is 6.76. The van der Waals surface area contributed by atoms with E-state index < -0.39 is 9.84 Å². The van der Waals surface area contributed by atoms with Crippen LogP contribution in [0.2, 0.25) is 0 Å². The highest BCUT2D eigenvalue weighted by atomic mass is 32.2. The third kappa shape index (κ3) is 6.01. The second-order valence-electron chi connectivity index (χ2n) is 7.06. The van der Waals surface area contributed by atoms with E-state index in [9.17, 15) is 8.42 Å². The van der Waals surface area contributed by atoms with Gasteiger partial charge >= 0.3 is 0 Å². The minimum Gasteiger partial charge on any atom is -0.357 e. The minimum atomic E-state index is -3.17. The summed E-state index contributed by atoms with van der Waals surface area (Å²) in [5.41, 5.74) is 0.976. The molecule has 0 heterocycles. The molecule has 1 saturated carbocycles. The molecule has 2 aromatic rings. The highest BCUT2D eigenvalue weighted by Gasteiger charge is 2.43. The number of nitrogens with zero attached hydrogens (tertiary/aromatic N) is 1. The molecule has 1 fully saturated rings. The summed E-state index contributed by atoms with van der Waals surface area (Å²) in [7, 11) is -3.17. The van der Waals surface area contributed by atoms with Gasteiger partial charge in [0.1, 0.15) is 0 Å². The molecule has 0 aromatic heterocycles. The van der Waals surface area contributed by atoms with E-state index in [1.54, 1.807) is 12.1 Å². The Bertz CT molecular complexity index is 906. The Morgan fingerprint density at radius 3 is 2.32 bits per heavy atom. The molecule has 0 atom stereocenters. The van der Waals surface area contributed by atoms with E-state index in [0.717, 1.165) is 24.6 Å². The predicted octanol–water partition coefficient (Wildman–Crippen LogP) is 3.47. The number of hydrogen-bond donors (Lipinski definition) is 2. The number of hydrogen-bond acceptors (Lipinski definition) is 4. The Morgan fingerprint density at radius 1 is 1.07 bits per heavy atom. The number of rotatable bonds is 8. The van der Waals surface area contributed by atoms with Crippen molar-refractivity contribution < 1.29 is 8.42 Å². The van der Waals surface area contributed by atoms with Gasteiger partial charge in [0.05, 0.1) is 11.4 Å². The van der Waals surface area contributed by atoms with Gasteiger partial charge in [-0.3, -0.25) is 0 Å². The summed E-state index contributed by atoms with van der Waals surface area (Å²) >= 11 is 1.93. The van der Waals surface area contributed by atoms with Crippen molar-refractivity contribution in [3.05, 3.63) is 60.2 Å². The van der Waals surface area contributed by atoms with Crippen LogP contribution in [0.4, 0.5) is 0 Å². The smallest absolute Gasteiger partial charge is 0.191 e. The molecular weight excluding hydrogens is 390 g/mol. The molecule has 150 valence electrons.